The van der Waals surface area contributed by atoms with E-state index in [1.165, 1.54) is 109 Å². The van der Waals surface area contributed by atoms with E-state index >= 15 is 0 Å². The van der Waals surface area contributed by atoms with Gasteiger partial charge in [0.05, 0.1) is 19.8 Å². The number of hydrogen-bond donors (Lipinski definition) is 2. The van der Waals surface area contributed by atoms with E-state index < -0.39 is 19.8 Å². The second-order valence-corrected chi connectivity index (χ2v) is 15.6. The summed E-state index contributed by atoms with van der Waals surface area (Å²) in [6.07, 6.45) is 27.3. The second-order valence-electron chi connectivity index (χ2n) is 13.8. The van der Waals surface area contributed by atoms with Crippen molar-refractivity contribution >= 4 is 19.7 Å². The number of esters is 2. The van der Waals surface area contributed by atoms with Crippen molar-refractivity contribution in [3.05, 3.63) is 0 Å². The third-order valence-corrected chi connectivity index (χ3v) is 10.2. The Labute approximate surface area is 301 Å². The zero-order chi connectivity index (χ0) is 36.3. The maximum atomic E-state index is 13.3. The molecule has 0 bridgehead atoms. The molecule has 10 nitrogen and oxygen atoms in total. The van der Waals surface area contributed by atoms with Crippen LogP contribution in [0.4, 0.5) is 0 Å². The average Bonchev–Trinajstić information content (AvgIpc) is 3.07. The molecule has 2 atom stereocenters. The first-order valence-corrected chi connectivity index (χ1v) is 21.6. The van der Waals surface area contributed by atoms with Crippen molar-refractivity contribution in [2.45, 2.75) is 180 Å². The molecule has 0 aliphatic rings. The molecular weight excluding hydrogens is 643 g/mol. The van der Waals surface area contributed by atoms with E-state index in [1.54, 1.807) is 0 Å². The van der Waals surface area contributed by atoms with Crippen LogP contribution in [0.2, 0.25) is 0 Å². The lowest BCUT2D eigenvalue weighted by atomic mass is 10.0. The molecule has 2 unspecified atom stereocenters. The summed E-state index contributed by atoms with van der Waals surface area (Å²) in [5, 5.41) is 11.9. The first-order chi connectivity index (χ1) is 23.8. The summed E-state index contributed by atoms with van der Waals surface area (Å²) in [7, 11) is -0.0597. The highest BCUT2D eigenvalue weighted by molar-refractivity contribution is 7.51. The Bertz CT molecular complexity index is 802. The summed E-state index contributed by atoms with van der Waals surface area (Å²) in [5.74, 6) is -0.740. The van der Waals surface area contributed by atoms with E-state index in [4.69, 9.17) is 18.5 Å². The summed E-state index contributed by atoms with van der Waals surface area (Å²) in [6, 6.07) is 0. The third-order valence-electron chi connectivity index (χ3n) is 8.59. The summed E-state index contributed by atoms with van der Waals surface area (Å²) in [6.45, 7) is 4.44. The Kier molecular flexibility index (Phi) is 34.6. The van der Waals surface area contributed by atoms with Gasteiger partial charge in [-0.3, -0.25) is 18.6 Å². The van der Waals surface area contributed by atoms with Crippen molar-refractivity contribution in [3.8, 4) is 0 Å². The van der Waals surface area contributed by atoms with Crippen LogP contribution in [0.5, 0.6) is 0 Å². The monoisotopic (exact) mass is 721 g/mol. The molecule has 0 aliphatic carbocycles. The molecule has 11 heteroatoms. The molecule has 0 fully saturated rings. The first-order valence-electron chi connectivity index (χ1n) is 20.0. The molecular formula is C38H77N2O8P. The molecule has 0 saturated carbocycles. The largest absolute Gasteiger partial charge is 0.462 e. The van der Waals surface area contributed by atoms with Gasteiger partial charge in [0.15, 0.2) is 6.10 Å². The van der Waals surface area contributed by atoms with Crippen LogP contribution < -0.4 is 5.09 Å². The van der Waals surface area contributed by atoms with Crippen LogP contribution in [0.25, 0.3) is 0 Å². The number of ether oxygens (including phenoxy) is 2. The Morgan fingerprint density at radius 1 is 0.633 bits per heavy atom. The van der Waals surface area contributed by atoms with Gasteiger partial charge in [-0.2, -0.15) is 0 Å². The van der Waals surface area contributed by atoms with Crippen LogP contribution in [0, 0.1) is 0 Å². The van der Waals surface area contributed by atoms with Crippen LogP contribution in [0.15, 0.2) is 0 Å². The maximum absolute atomic E-state index is 13.3. The van der Waals surface area contributed by atoms with Crippen molar-refractivity contribution in [3.63, 3.8) is 0 Å². The van der Waals surface area contributed by atoms with E-state index in [1.807, 2.05) is 19.0 Å². The molecule has 0 amide bonds. The lowest BCUT2D eigenvalue weighted by Crippen LogP contribution is -2.31. The van der Waals surface area contributed by atoms with Crippen LogP contribution in [-0.2, 0) is 32.7 Å². The van der Waals surface area contributed by atoms with Crippen molar-refractivity contribution < 1.29 is 37.8 Å². The third kappa shape index (κ3) is 33.9. The fourth-order valence-electron chi connectivity index (χ4n) is 5.50. The number of carbonyl (C=O) groups is 2. The standard InChI is InChI=1S/C38H77N2O8P/c1-5-7-9-11-13-15-17-19-21-23-25-27-29-38(43)48-36(35-47-49(44,39-30-32-41)46-33-31-40(3)4)34-45-37(42)28-26-24-22-20-18-16-14-12-10-8-6-2/h36,41H,5-35H2,1-4H3,(H,39,44). The number of rotatable bonds is 38. The zero-order valence-electron chi connectivity index (χ0n) is 32.2. The fourth-order valence-corrected chi connectivity index (χ4v) is 6.82. The van der Waals surface area contributed by atoms with Gasteiger partial charge in [-0.05, 0) is 26.9 Å². The molecule has 0 aromatic rings. The minimum atomic E-state index is -3.80. The SMILES string of the molecule is CCCCCCCCCCCCCCC(=O)OC(COC(=O)CCCCCCCCCCCCC)COP(=O)(NCCO)OCCN(C)C. The average molecular weight is 721 g/mol. The van der Waals surface area contributed by atoms with Crippen LogP contribution >= 0.6 is 7.75 Å². The Morgan fingerprint density at radius 3 is 1.49 bits per heavy atom. The number of carbonyl (C=O) groups excluding carboxylic acids is 2. The Balaban J connectivity index is 4.63. The van der Waals surface area contributed by atoms with Crippen molar-refractivity contribution in [2.75, 3.05) is 53.6 Å². The summed E-state index contributed by atoms with van der Waals surface area (Å²) in [5.41, 5.74) is 0. The summed E-state index contributed by atoms with van der Waals surface area (Å²) in [4.78, 5) is 27.1. The van der Waals surface area contributed by atoms with E-state index in [0.29, 0.717) is 13.0 Å². The molecule has 0 spiro atoms. The molecule has 0 rings (SSSR count). The molecule has 2 N–H and O–H groups in total. The maximum Gasteiger partial charge on any atom is 0.405 e. The number of nitrogens with one attached hydrogen (secondary N) is 1. The molecule has 0 saturated heterocycles. The summed E-state index contributed by atoms with van der Waals surface area (Å²) >= 11 is 0. The molecule has 0 aliphatic heterocycles. The minimum Gasteiger partial charge on any atom is -0.462 e. The lowest BCUT2D eigenvalue weighted by molar-refractivity contribution is -0.161. The lowest BCUT2D eigenvalue weighted by Gasteiger charge is -2.23. The van der Waals surface area contributed by atoms with Gasteiger partial charge in [0.1, 0.15) is 6.61 Å². The van der Waals surface area contributed by atoms with E-state index in [9.17, 15) is 19.3 Å². The Hall–Kier alpha value is -1.03. The van der Waals surface area contributed by atoms with Gasteiger partial charge in [0, 0.05) is 25.9 Å². The molecule has 0 radical (unpaired) electrons. The van der Waals surface area contributed by atoms with E-state index in [-0.39, 0.29) is 45.4 Å². The summed E-state index contributed by atoms with van der Waals surface area (Å²) < 4.78 is 35.5. The van der Waals surface area contributed by atoms with Gasteiger partial charge in [-0.1, -0.05) is 149 Å². The van der Waals surface area contributed by atoms with Gasteiger partial charge in [-0.15, -0.1) is 0 Å². The molecule has 0 aromatic heterocycles. The van der Waals surface area contributed by atoms with Gasteiger partial charge >= 0.3 is 19.7 Å². The van der Waals surface area contributed by atoms with Gasteiger partial charge in [-0.25, -0.2) is 9.65 Å². The number of nitrogens with zero attached hydrogens (tertiary/aromatic N) is 1. The minimum absolute atomic E-state index is 0.0105. The molecule has 0 aromatic carbocycles. The van der Waals surface area contributed by atoms with Crippen molar-refractivity contribution in [1.82, 2.24) is 9.99 Å². The number of unbranched alkanes of at least 4 members (excludes halogenated alkanes) is 21. The van der Waals surface area contributed by atoms with Gasteiger partial charge < -0.3 is 19.5 Å². The smallest absolute Gasteiger partial charge is 0.405 e. The van der Waals surface area contributed by atoms with Crippen molar-refractivity contribution in [2.24, 2.45) is 0 Å². The highest BCUT2D eigenvalue weighted by Gasteiger charge is 2.28. The predicted octanol–water partition coefficient (Wildman–Crippen LogP) is 9.52. The normalized spacial score (nSPS) is 13.4. The first kappa shape index (κ1) is 48.0. The molecule has 49 heavy (non-hydrogen) atoms. The quantitative estimate of drug-likeness (QED) is 0.0362. The highest BCUT2D eigenvalue weighted by atomic mass is 31.2. The van der Waals surface area contributed by atoms with Crippen LogP contribution in [-0.4, -0.2) is 81.7 Å². The second kappa shape index (κ2) is 35.4. The van der Waals surface area contributed by atoms with Crippen molar-refractivity contribution in [1.29, 1.82) is 0 Å². The zero-order valence-corrected chi connectivity index (χ0v) is 33.1. The number of hydrogen-bond acceptors (Lipinski definition) is 9. The Morgan fingerprint density at radius 2 is 1.06 bits per heavy atom. The van der Waals surface area contributed by atoms with E-state index in [2.05, 4.69) is 18.9 Å². The fraction of sp³-hybridized carbons (Fsp3) is 0.947. The molecule has 292 valence electrons. The van der Waals surface area contributed by atoms with Crippen LogP contribution in [0.1, 0.15) is 174 Å². The number of aliphatic hydroxyl groups excluding tert-OH is 1. The number of aliphatic hydroxyl groups is 1. The van der Waals surface area contributed by atoms with E-state index in [0.717, 1.165) is 38.5 Å². The topological polar surface area (TPSA) is 124 Å². The molecule has 0 heterocycles. The highest BCUT2D eigenvalue weighted by Crippen LogP contribution is 2.43. The van der Waals surface area contributed by atoms with Crippen LogP contribution in [0.3, 0.4) is 0 Å². The van der Waals surface area contributed by atoms with Gasteiger partial charge in [0.25, 0.3) is 0 Å². The number of likely N-dealkylation sites (N-methyl/N-ethyl adjacent to an activating group) is 1. The predicted molar refractivity (Wildman–Crippen MR) is 201 cm³/mol. The van der Waals surface area contributed by atoms with Gasteiger partial charge in [0.2, 0.25) is 0 Å².